The number of rotatable bonds is 4. The van der Waals surface area contributed by atoms with E-state index < -0.39 is 10.0 Å². The zero-order valence-corrected chi connectivity index (χ0v) is 13.1. The lowest BCUT2D eigenvalue weighted by Gasteiger charge is -2.32. The molecule has 6 nitrogen and oxygen atoms in total. The molecule has 0 aromatic heterocycles. The second-order valence-corrected chi connectivity index (χ2v) is 7.04. The highest BCUT2D eigenvalue weighted by Crippen LogP contribution is 2.18. The van der Waals surface area contributed by atoms with Gasteiger partial charge in [-0.15, -0.1) is 0 Å². The molecule has 21 heavy (non-hydrogen) atoms. The molecule has 0 unspecified atom stereocenters. The summed E-state index contributed by atoms with van der Waals surface area (Å²) in [5.41, 5.74) is 0.895. The average molecular weight is 311 g/mol. The van der Waals surface area contributed by atoms with Gasteiger partial charge in [-0.3, -0.25) is 4.79 Å². The average Bonchev–Trinajstić information content (AvgIpc) is 2.48. The number of hydrogen-bond donors (Lipinski definition) is 2. The van der Waals surface area contributed by atoms with Crippen LogP contribution in [-0.2, 0) is 14.8 Å². The van der Waals surface area contributed by atoms with Crippen molar-refractivity contribution in [2.24, 2.45) is 0 Å². The van der Waals surface area contributed by atoms with E-state index in [2.05, 4.69) is 10.0 Å². The highest BCUT2D eigenvalue weighted by atomic mass is 32.2. The van der Waals surface area contributed by atoms with Crippen LogP contribution in [0.5, 0.6) is 0 Å². The normalized spacial score (nSPS) is 16.8. The van der Waals surface area contributed by atoms with Crippen LogP contribution in [0.25, 0.3) is 0 Å². The summed E-state index contributed by atoms with van der Waals surface area (Å²) in [6.07, 6.45) is 1.80. The van der Waals surface area contributed by atoms with Gasteiger partial charge in [0, 0.05) is 31.7 Å². The van der Waals surface area contributed by atoms with E-state index in [1.54, 1.807) is 31.2 Å². The molecule has 1 aromatic carbocycles. The summed E-state index contributed by atoms with van der Waals surface area (Å²) >= 11 is 0. The number of nitrogens with zero attached hydrogens (tertiary/aromatic N) is 1. The van der Waals surface area contributed by atoms with E-state index in [1.165, 1.54) is 7.05 Å². The molecule has 1 fully saturated rings. The highest BCUT2D eigenvalue weighted by molar-refractivity contribution is 7.89. The lowest BCUT2D eigenvalue weighted by Crippen LogP contribution is -2.41. The van der Waals surface area contributed by atoms with Crippen molar-refractivity contribution >= 4 is 21.6 Å². The smallest absolute Gasteiger partial charge is 0.240 e. The Morgan fingerprint density at radius 3 is 2.24 bits per heavy atom. The van der Waals surface area contributed by atoms with Crippen LogP contribution >= 0.6 is 0 Å². The van der Waals surface area contributed by atoms with Gasteiger partial charge in [-0.1, -0.05) is 0 Å². The molecule has 0 spiro atoms. The summed E-state index contributed by atoms with van der Waals surface area (Å²) in [6.45, 7) is 3.12. The molecule has 1 heterocycles. The molecule has 1 aliphatic rings. The molecule has 0 aliphatic carbocycles. The van der Waals surface area contributed by atoms with E-state index in [9.17, 15) is 13.2 Å². The molecule has 1 aromatic rings. The Morgan fingerprint density at radius 2 is 1.76 bits per heavy atom. The first kappa shape index (κ1) is 15.8. The minimum absolute atomic E-state index is 0.120. The molecule has 2 N–H and O–H groups in total. The predicted molar refractivity (Wildman–Crippen MR) is 81.6 cm³/mol. The van der Waals surface area contributed by atoms with Crippen LogP contribution < -0.4 is 10.0 Å². The molecule has 0 bridgehead atoms. The summed E-state index contributed by atoms with van der Waals surface area (Å²) in [4.78, 5) is 13.4. The summed E-state index contributed by atoms with van der Waals surface area (Å²) in [5, 5.41) is 3.38. The zero-order valence-electron chi connectivity index (χ0n) is 12.3. The number of nitrogens with one attached hydrogen (secondary N) is 2. The lowest BCUT2D eigenvalue weighted by molar-refractivity contribution is -0.129. The van der Waals surface area contributed by atoms with Crippen LogP contribution in [0.4, 0.5) is 5.69 Å². The Kier molecular flexibility index (Phi) is 4.84. The largest absolute Gasteiger partial charge is 0.382 e. The third-order valence-corrected chi connectivity index (χ3v) is 5.17. The minimum atomic E-state index is -3.39. The fourth-order valence-electron chi connectivity index (χ4n) is 2.42. The monoisotopic (exact) mass is 311 g/mol. The van der Waals surface area contributed by atoms with Crippen molar-refractivity contribution in [3.05, 3.63) is 24.3 Å². The Balaban J connectivity index is 1.94. The second-order valence-electron chi connectivity index (χ2n) is 5.16. The van der Waals surface area contributed by atoms with Gasteiger partial charge in [0.1, 0.15) is 0 Å². The number of amides is 1. The van der Waals surface area contributed by atoms with Crippen molar-refractivity contribution in [2.45, 2.75) is 30.7 Å². The molecule has 7 heteroatoms. The van der Waals surface area contributed by atoms with Gasteiger partial charge in [0.05, 0.1) is 4.90 Å². The number of piperidine rings is 1. The van der Waals surface area contributed by atoms with E-state index in [1.807, 2.05) is 4.90 Å². The van der Waals surface area contributed by atoms with Crippen molar-refractivity contribution < 1.29 is 13.2 Å². The molecule has 1 amide bonds. The van der Waals surface area contributed by atoms with Gasteiger partial charge in [-0.2, -0.15) is 0 Å². The Morgan fingerprint density at radius 1 is 1.19 bits per heavy atom. The molecular formula is C14H21N3O3S. The third kappa shape index (κ3) is 3.95. The van der Waals surface area contributed by atoms with Gasteiger partial charge in [0.25, 0.3) is 0 Å². The topological polar surface area (TPSA) is 78.5 Å². The van der Waals surface area contributed by atoms with Gasteiger partial charge in [0.2, 0.25) is 15.9 Å². The standard InChI is InChI=1S/C14H21N3O3S/c1-11(18)17-9-7-13(8-10-17)16-12-3-5-14(6-4-12)21(19,20)15-2/h3-6,13,15-16H,7-10H2,1-2H3. The molecular weight excluding hydrogens is 290 g/mol. The first-order chi connectivity index (χ1) is 9.92. The van der Waals surface area contributed by atoms with Crippen LogP contribution in [0.3, 0.4) is 0 Å². The first-order valence-corrected chi connectivity index (χ1v) is 8.46. The molecule has 0 atom stereocenters. The maximum Gasteiger partial charge on any atom is 0.240 e. The van der Waals surface area contributed by atoms with Crippen LogP contribution in [0.1, 0.15) is 19.8 Å². The quantitative estimate of drug-likeness (QED) is 0.870. The Bertz CT molecular complexity index is 590. The van der Waals surface area contributed by atoms with Crippen molar-refractivity contribution in [1.82, 2.24) is 9.62 Å². The van der Waals surface area contributed by atoms with Gasteiger partial charge in [-0.25, -0.2) is 13.1 Å². The minimum Gasteiger partial charge on any atom is -0.382 e. The van der Waals surface area contributed by atoms with E-state index in [0.717, 1.165) is 31.6 Å². The molecule has 116 valence electrons. The van der Waals surface area contributed by atoms with Crippen LogP contribution in [0.15, 0.2) is 29.2 Å². The zero-order chi connectivity index (χ0) is 15.5. The molecule has 0 saturated carbocycles. The van der Waals surface area contributed by atoms with E-state index in [4.69, 9.17) is 0 Å². The maximum absolute atomic E-state index is 11.6. The molecule has 2 rings (SSSR count). The van der Waals surface area contributed by atoms with Crippen LogP contribution in [0.2, 0.25) is 0 Å². The number of benzene rings is 1. The summed E-state index contributed by atoms with van der Waals surface area (Å²) in [6, 6.07) is 7.01. The number of anilines is 1. The molecule has 0 radical (unpaired) electrons. The number of sulfonamides is 1. The highest BCUT2D eigenvalue weighted by Gasteiger charge is 2.20. The second kappa shape index (κ2) is 6.44. The third-order valence-electron chi connectivity index (χ3n) is 3.74. The predicted octanol–water partition coefficient (Wildman–Crippen LogP) is 1.02. The Hall–Kier alpha value is -1.60. The number of hydrogen-bond acceptors (Lipinski definition) is 4. The maximum atomic E-state index is 11.6. The van der Waals surface area contributed by atoms with Gasteiger partial charge in [-0.05, 0) is 44.2 Å². The number of carbonyl (C=O) groups excluding carboxylic acids is 1. The van der Waals surface area contributed by atoms with Crippen molar-refractivity contribution in [2.75, 3.05) is 25.5 Å². The summed E-state index contributed by atoms with van der Waals surface area (Å²) in [7, 11) is -1.99. The lowest BCUT2D eigenvalue weighted by atomic mass is 10.0. The number of likely N-dealkylation sites (tertiary alicyclic amines) is 1. The van der Waals surface area contributed by atoms with Crippen LogP contribution in [0, 0.1) is 0 Å². The number of carbonyl (C=O) groups is 1. The van der Waals surface area contributed by atoms with Crippen molar-refractivity contribution in [1.29, 1.82) is 0 Å². The van der Waals surface area contributed by atoms with Gasteiger partial charge < -0.3 is 10.2 Å². The van der Waals surface area contributed by atoms with E-state index >= 15 is 0 Å². The van der Waals surface area contributed by atoms with Crippen molar-refractivity contribution in [3.8, 4) is 0 Å². The first-order valence-electron chi connectivity index (χ1n) is 6.98. The van der Waals surface area contributed by atoms with Gasteiger partial charge >= 0.3 is 0 Å². The summed E-state index contributed by atoms with van der Waals surface area (Å²) in [5.74, 6) is 0.120. The van der Waals surface area contributed by atoms with Crippen LogP contribution in [-0.4, -0.2) is 45.4 Å². The SMILES string of the molecule is CNS(=O)(=O)c1ccc(NC2CCN(C(C)=O)CC2)cc1. The van der Waals surface area contributed by atoms with E-state index in [0.29, 0.717) is 6.04 Å². The molecule has 1 aliphatic heterocycles. The van der Waals surface area contributed by atoms with E-state index in [-0.39, 0.29) is 10.8 Å². The van der Waals surface area contributed by atoms with Crippen molar-refractivity contribution in [3.63, 3.8) is 0 Å². The molecule has 1 saturated heterocycles. The fraction of sp³-hybridized carbons (Fsp3) is 0.500. The van der Waals surface area contributed by atoms with Gasteiger partial charge in [0.15, 0.2) is 0 Å². The Labute approximate surface area is 125 Å². The summed E-state index contributed by atoms with van der Waals surface area (Å²) < 4.78 is 25.6. The fourth-order valence-corrected chi connectivity index (χ4v) is 3.15.